The van der Waals surface area contributed by atoms with E-state index in [0.29, 0.717) is 51.1 Å². The number of halogens is 3. The number of fused-ring (bicyclic) bond motifs is 1. The van der Waals surface area contributed by atoms with Crippen LogP contribution in [0.15, 0.2) is 87.8 Å². The lowest BCUT2D eigenvalue weighted by Gasteiger charge is -2.29. The molecule has 1 aliphatic heterocycles. The zero-order valence-electron chi connectivity index (χ0n) is 23.2. The SMILES string of the molecule is CCN(CC)C(=O)C1=C(C)N=c2s/c(=C/c3cc(I)cc(I)c3OCc3ccccc3)c(=O)n2[C@@H]1c1ccc(Cl)cc1. The Kier molecular flexibility index (Phi) is 9.91. The molecule has 4 aromatic rings. The number of carbonyl (C=O) groups is 1. The second kappa shape index (κ2) is 13.4. The zero-order chi connectivity index (χ0) is 30.0. The van der Waals surface area contributed by atoms with Crippen molar-refractivity contribution in [2.75, 3.05) is 13.1 Å². The number of hydrogen-bond acceptors (Lipinski definition) is 5. The van der Waals surface area contributed by atoms with E-state index in [1.165, 1.54) is 11.3 Å². The summed E-state index contributed by atoms with van der Waals surface area (Å²) >= 11 is 12.1. The van der Waals surface area contributed by atoms with Gasteiger partial charge in [0.2, 0.25) is 0 Å². The Morgan fingerprint density at radius 1 is 1.10 bits per heavy atom. The van der Waals surface area contributed by atoms with E-state index in [1.54, 1.807) is 21.6 Å². The number of carbonyl (C=O) groups excluding carboxylic acids is 1. The molecule has 0 fully saturated rings. The highest BCUT2D eigenvalue weighted by Crippen LogP contribution is 2.33. The van der Waals surface area contributed by atoms with Gasteiger partial charge in [-0.1, -0.05) is 65.4 Å². The molecule has 3 aromatic carbocycles. The number of rotatable bonds is 8. The van der Waals surface area contributed by atoms with E-state index in [2.05, 4.69) is 51.2 Å². The van der Waals surface area contributed by atoms with Gasteiger partial charge < -0.3 is 9.64 Å². The summed E-state index contributed by atoms with van der Waals surface area (Å²) in [5, 5.41) is 0.583. The third kappa shape index (κ3) is 6.39. The normalized spacial score (nSPS) is 14.9. The van der Waals surface area contributed by atoms with E-state index >= 15 is 0 Å². The summed E-state index contributed by atoms with van der Waals surface area (Å²) in [5.41, 5.74) is 3.56. The topological polar surface area (TPSA) is 63.9 Å². The van der Waals surface area contributed by atoms with Gasteiger partial charge in [-0.15, -0.1) is 0 Å². The zero-order valence-corrected chi connectivity index (χ0v) is 29.1. The Labute approximate surface area is 280 Å². The first-order chi connectivity index (χ1) is 20.2. The van der Waals surface area contributed by atoms with Gasteiger partial charge in [0.1, 0.15) is 12.4 Å². The predicted molar refractivity (Wildman–Crippen MR) is 186 cm³/mol. The van der Waals surface area contributed by atoms with Gasteiger partial charge in [-0.25, -0.2) is 4.99 Å². The summed E-state index contributed by atoms with van der Waals surface area (Å²) in [4.78, 5) is 35.1. The number of aromatic nitrogens is 1. The number of nitrogens with zero attached hydrogens (tertiary/aromatic N) is 3. The Morgan fingerprint density at radius 3 is 2.45 bits per heavy atom. The number of thiazole rings is 1. The molecular formula is C32H28ClI2N3O3S. The minimum atomic E-state index is -0.626. The van der Waals surface area contributed by atoms with Gasteiger partial charge in [0.05, 0.1) is 25.4 Å². The number of likely N-dealkylation sites (N-methyl/N-ethyl adjacent to an activating group) is 1. The monoisotopic (exact) mass is 823 g/mol. The number of hydrogen-bond donors (Lipinski definition) is 0. The molecule has 6 nitrogen and oxygen atoms in total. The van der Waals surface area contributed by atoms with E-state index in [9.17, 15) is 9.59 Å². The molecule has 42 heavy (non-hydrogen) atoms. The molecule has 0 aliphatic carbocycles. The van der Waals surface area contributed by atoms with Crippen molar-refractivity contribution >= 4 is 80.1 Å². The van der Waals surface area contributed by atoms with E-state index in [0.717, 1.165) is 23.8 Å². The molecule has 0 bridgehead atoms. The van der Waals surface area contributed by atoms with Gasteiger partial charge in [0, 0.05) is 27.2 Å². The largest absolute Gasteiger partial charge is 0.487 e. The molecule has 0 saturated carbocycles. The molecule has 1 aromatic heterocycles. The first-order valence-electron chi connectivity index (χ1n) is 13.4. The van der Waals surface area contributed by atoms with Gasteiger partial charge in [-0.2, -0.15) is 0 Å². The maximum atomic E-state index is 14.2. The van der Waals surface area contributed by atoms with Gasteiger partial charge in [-0.05, 0) is 107 Å². The first-order valence-corrected chi connectivity index (χ1v) is 16.8. The molecule has 0 radical (unpaired) electrons. The second-order valence-electron chi connectivity index (χ2n) is 9.69. The number of ether oxygens (including phenoxy) is 1. The molecule has 216 valence electrons. The fourth-order valence-electron chi connectivity index (χ4n) is 4.95. The predicted octanol–water partition coefficient (Wildman–Crippen LogP) is 6.55. The third-order valence-corrected chi connectivity index (χ3v) is 9.70. The maximum absolute atomic E-state index is 14.2. The van der Waals surface area contributed by atoms with Crippen molar-refractivity contribution in [1.29, 1.82) is 0 Å². The molecule has 2 heterocycles. The van der Waals surface area contributed by atoms with Crippen molar-refractivity contribution in [3.8, 4) is 5.75 Å². The van der Waals surface area contributed by atoms with Crippen LogP contribution in [-0.2, 0) is 11.4 Å². The van der Waals surface area contributed by atoms with Crippen LogP contribution in [0.3, 0.4) is 0 Å². The Bertz CT molecular complexity index is 1850. The molecule has 1 aliphatic rings. The van der Waals surface area contributed by atoms with E-state index in [-0.39, 0.29) is 11.5 Å². The Hall–Kier alpha value is -2.48. The second-order valence-corrected chi connectivity index (χ2v) is 13.5. The van der Waals surface area contributed by atoms with Crippen LogP contribution >= 0.6 is 68.1 Å². The smallest absolute Gasteiger partial charge is 0.271 e. The van der Waals surface area contributed by atoms with Crippen molar-refractivity contribution in [3.63, 3.8) is 0 Å². The van der Waals surface area contributed by atoms with Crippen molar-refractivity contribution < 1.29 is 9.53 Å². The maximum Gasteiger partial charge on any atom is 0.271 e. The average molecular weight is 824 g/mol. The highest BCUT2D eigenvalue weighted by atomic mass is 127. The van der Waals surface area contributed by atoms with Crippen LogP contribution in [0, 0.1) is 7.14 Å². The summed E-state index contributed by atoms with van der Waals surface area (Å²) in [6.07, 6.45) is 1.87. The Morgan fingerprint density at radius 2 is 1.79 bits per heavy atom. The molecule has 0 spiro atoms. The summed E-state index contributed by atoms with van der Waals surface area (Å²) in [6.45, 7) is 7.26. The third-order valence-electron chi connectivity index (χ3n) is 7.04. The highest BCUT2D eigenvalue weighted by molar-refractivity contribution is 14.1. The van der Waals surface area contributed by atoms with Crippen LogP contribution in [0.1, 0.15) is 43.5 Å². The lowest BCUT2D eigenvalue weighted by atomic mass is 9.94. The molecule has 0 unspecified atom stereocenters. The van der Waals surface area contributed by atoms with Gasteiger partial charge in [-0.3, -0.25) is 14.2 Å². The summed E-state index contributed by atoms with van der Waals surface area (Å²) in [6, 6.07) is 20.7. The van der Waals surface area contributed by atoms with Crippen LogP contribution in [0.5, 0.6) is 5.75 Å². The van der Waals surface area contributed by atoms with E-state index < -0.39 is 6.04 Å². The number of amides is 1. The minimum Gasteiger partial charge on any atom is -0.487 e. The standard InChI is InChI=1S/C32H28ClI2N3O3S/c1-4-37(5-2)31(40)27-19(3)36-32-38(28(27)21-11-13-23(33)14-12-21)30(39)26(42-32)16-22-15-24(34)17-25(35)29(22)41-18-20-9-7-6-8-10-20/h6-17,28H,4-5,18H2,1-3H3/b26-16+/t28-/m1/s1. The molecule has 1 amide bonds. The summed E-state index contributed by atoms with van der Waals surface area (Å²) in [5.74, 6) is 0.591. The van der Waals surface area contributed by atoms with Gasteiger partial charge in [0.15, 0.2) is 4.80 Å². The molecule has 10 heteroatoms. The fourth-order valence-corrected chi connectivity index (χ4v) is 8.16. The van der Waals surface area contributed by atoms with Crippen molar-refractivity contribution in [2.45, 2.75) is 33.4 Å². The molecule has 0 saturated heterocycles. The average Bonchev–Trinajstić information content (AvgIpc) is 3.27. The van der Waals surface area contributed by atoms with Gasteiger partial charge in [0.25, 0.3) is 11.5 Å². The van der Waals surface area contributed by atoms with Crippen LogP contribution in [0.4, 0.5) is 0 Å². The minimum absolute atomic E-state index is 0.126. The van der Waals surface area contributed by atoms with Gasteiger partial charge >= 0.3 is 0 Å². The molecular weight excluding hydrogens is 796 g/mol. The Balaban J connectivity index is 1.66. The number of benzene rings is 3. The molecule has 5 rings (SSSR count). The summed E-state index contributed by atoms with van der Waals surface area (Å²) < 4.78 is 10.4. The number of allylic oxidation sites excluding steroid dienone is 1. The summed E-state index contributed by atoms with van der Waals surface area (Å²) in [7, 11) is 0. The van der Waals surface area contributed by atoms with E-state index in [1.807, 2.05) is 75.4 Å². The van der Waals surface area contributed by atoms with Crippen molar-refractivity contribution in [2.24, 2.45) is 4.99 Å². The van der Waals surface area contributed by atoms with Crippen LogP contribution < -0.4 is 19.6 Å². The van der Waals surface area contributed by atoms with Crippen LogP contribution in [-0.4, -0.2) is 28.5 Å². The van der Waals surface area contributed by atoms with E-state index in [4.69, 9.17) is 21.3 Å². The lowest BCUT2D eigenvalue weighted by Crippen LogP contribution is -2.43. The quantitative estimate of drug-likeness (QED) is 0.190. The highest BCUT2D eigenvalue weighted by Gasteiger charge is 2.34. The lowest BCUT2D eigenvalue weighted by molar-refractivity contribution is -0.127. The molecule has 1 atom stereocenters. The van der Waals surface area contributed by atoms with Crippen LogP contribution in [0.2, 0.25) is 5.02 Å². The molecule has 0 N–H and O–H groups in total. The first kappa shape index (κ1) is 31.0. The van der Waals surface area contributed by atoms with Crippen molar-refractivity contribution in [3.05, 3.63) is 127 Å². The fraction of sp³-hybridized carbons (Fsp3) is 0.219. The van der Waals surface area contributed by atoms with Crippen LogP contribution in [0.25, 0.3) is 6.08 Å². The van der Waals surface area contributed by atoms with Crippen molar-refractivity contribution in [1.82, 2.24) is 9.47 Å².